The summed E-state index contributed by atoms with van der Waals surface area (Å²) in [5.74, 6) is -0.370. The number of isocyanates is 1. The van der Waals surface area contributed by atoms with Gasteiger partial charge >= 0.3 is 5.51 Å². The molecule has 80 valence electrons. The molecule has 1 N–H and O–H groups in total. The Morgan fingerprint density at radius 3 is 2.60 bits per heavy atom. The second-order valence-corrected chi connectivity index (χ2v) is 3.54. The minimum absolute atomic E-state index is 0.158. The van der Waals surface area contributed by atoms with E-state index in [2.05, 4.69) is 4.99 Å². The third-order valence-corrected chi connectivity index (χ3v) is 2.07. The molecule has 7 heteroatoms. The summed E-state index contributed by atoms with van der Waals surface area (Å²) < 4.78 is 35.9. The highest BCUT2D eigenvalue weighted by molar-refractivity contribution is 8.00. The molecule has 0 radical (unpaired) electrons. The minimum atomic E-state index is -4.42. The first-order chi connectivity index (χ1) is 6.92. The number of phenols is 1. The summed E-state index contributed by atoms with van der Waals surface area (Å²) >= 11 is -0.351. The number of alkyl halides is 3. The lowest BCUT2D eigenvalue weighted by molar-refractivity contribution is -0.0328. The van der Waals surface area contributed by atoms with E-state index in [-0.39, 0.29) is 28.1 Å². The van der Waals surface area contributed by atoms with Gasteiger partial charge in [0.1, 0.15) is 11.4 Å². The molecular weight excluding hydrogens is 231 g/mol. The summed E-state index contributed by atoms with van der Waals surface area (Å²) in [5.41, 5.74) is -4.65. The number of halogens is 3. The Morgan fingerprint density at radius 1 is 1.40 bits per heavy atom. The van der Waals surface area contributed by atoms with Crippen LogP contribution in [-0.2, 0) is 4.79 Å². The van der Waals surface area contributed by atoms with Gasteiger partial charge < -0.3 is 5.11 Å². The highest BCUT2D eigenvalue weighted by atomic mass is 32.2. The van der Waals surface area contributed by atoms with Crippen molar-refractivity contribution in [1.29, 1.82) is 0 Å². The molecule has 0 aliphatic heterocycles. The molecule has 0 aliphatic rings. The maximum absolute atomic E-state index is 12.0. The number of rotatable bonds is 2. The van der Waals surface area contributed by atoms with Crippen LogP contribution in [0.25, 0.3) is 0 Å². The molecule has 0 amide bonds. The monoisotopic (exact) mass is 235 g/mol. The molecule has 0 unspecified atom stereocenters. The molecule has 15 heavy (non-hydrogen) atoms. The van der Waals surface area contributed by atoms with Crippen molar-refractivity contribution in [3.63, 3.8) is 0 Å². The van der Waals surface area contributed by atoms with Gasteiger partial charge in [-0.05, 0) is 30.0 Å². The summed E-state index contributed by atoms with van der Waals surface area (Å²) in [5, 5.41) is 9.10. The van der Waals surface area contributed by atoms with E-state index in [1.54, 1.807) is 0 Å². The van der Waals surface area contributed by atoms with Crippen LogP contribution >= 0.6 is 11.8 Å². The third kappa shape index (κ3) is 3.65. The van der Waals surface area contributed by atoms with Crippen LogP contribution in [0.2, 0.25) is 0 Å². The lowest BCUT2D eigenvalue weighted by atomic mass is 10.3. The lowest BCUT2D eigenvalue weighted by Gasteiger charge is -2.06. The SMILES string of the molecule is O=C=Nc1cc(SC(F)(F)F)ccc1O. The number of hydrogen-bond acceptors (Lipinski definition) is 4. The topological polar surface area (TPSA) is 49.7 Å². The van der Waals surface area contributed by atoms with Gasteiger partial charge in [-0.2, -0.15) is 18.2 Å². The summed E-state index contributed by atoms with van der Waals surface area (Å²) in [6.45, 7) is 0. The fourth-order valence-electron chi connectivity index (χ4n) is 0.839. The maximum Gasteiger partial charge on any atom is 0.446 e. The van der Waals surface area contributed by atoms with Crippen LogP contribution in [0.1, 0.15) is 0 Å². The van der Waals surface area contributed by atoms with Gasteiger partial charge in [-0.3, -0.25) is 0 Å². The molecule has 0 saturated carbocycles. The molecule has 3 nitrogen and oxygen atoms in total. The Kier molecular flexibility index (Phi) is 3.39. The predicted octanol–water partition coefficient (Wildman–Crippen LogP) is 2.97. The number of nitrogens with zero attached hydrogens (tertiary/aromatic N) is 1. The third-order valence-electron chi connectivity index (χ3n) is 1.35. The van der Waals surface area contributed by atoms with Crippen molar-refractivity contribution in [2.24, 2.45) is 4.99 Å². The smallest absolute Gasteiger partial charge is 0.446 e. The van der Waals surface area contributed by atoms with Crippen LogP contribution in [0.15, 0.2) is 28.1 Å². The highest BCUT2D eigenvalue weighted by Gasteiger charge is 2.29. The van der Waals surface area contributed by atoms with Gasteiger partial charge in [-0.15, -0.1) is 0 Å². The number of hydrogen-bond donors (Lipinski definition) is 1. The van der Waals surface area contributed by atoms with E-state index in [1.807, 2.05) is 0 Å². The zero-order valence-electron chi connectivity index (χ0n) is 7.08. The highest BCUT2D eigenvalue weighted by Crippen LogP contribution is 2.39. The Labute approximate surface area is 86.6 Å². The fraction of sp³-hybridized carbons (Fsp3) is 0.125. The van der Waals surface area contributed by atoms with E-state index in [0.29, 0.717) is 0 Å². The number of aliphatic imine (C=N–C) groups is 1. The van der Waals surface area contributed by atoms with Crippen LogP contribution in [0, 0.1) is 0 Å². The molecular formula is C8H4F3NO2S. The number of thioether (sulfide) groups is 1. The minimum Gasteiger partial charge on any atom is -0.506 e. The zero-order valence-corrected chi connectivity index (χ0v) is 7.89. The van der Waals surface area contributed by atoms with Crippen LogP contribution in [0.3, 0.4) is 0 Å². The van der Waals surface area contributed by atoms with E-state index in [4.69, 9.17) is 5.11 Å². The second-order valence-electron chi connectivity index (χ2n) is 2.40. The molecule has 0 fully saturated rings. The number of benzene rings is 1. The van der Waals surface area contributed by atoms with Crippen LogP contribution in [-0.4, -0.2) is 16.7 Å². The molecule has 0 saturated heterocycles. The lowest BCUT2D eigenvalue weighted by Crippen LogP contribution is -1.98. The van der Waals surface area contributed by atoms with Gasteiger partial charge in [0.25, 0.3) is 0 Å². The molecule has 0 bridgehead atoms. The number of phenolic OH excluding ortho intramolecular Hbond substituents is 1. The molecule has 1 aromatic carbocycles. The van der Waals surface area contributed by atoms with Gasteiger partial charge in [0, 0.05) is 4.90 Å². The van der Waals surface area contributed by atoms with Crippen molar-refractivity contribution >= 4 is 23.5 Å². The Bertz CT molecular complexity index is 413. The van der Waals surface area contributed by atoms with Crippen molar-refractivity contribution in [3.8, 4) is 5.75 Å². The molecule has 0 atom stereocenters. The van der Waals surface area contributed by atoms with Gasteiger partial charge in [-0.25, -0.2) is 4.79 Å². The molecule has 0 aromatic heterocycles. The van der Waals surface area contributed by atoms with Gasteiger partial charge in [0.2, 0.25) is 6.08 Å². The van der Waals surface area contributed by atoms with E-state index < -0.39 is 5.51 Å². The fourth-order valence-corrected chi connectivity index (χ4v) is 1.41. The first kappa shape index (κ1) is 11.6. The van der Waals surface area contributed by atoms with E-state index in [0.717, 1.165) is 24.3 Å². The maximum atomic E-state index is 12.0. The van der Waals surface area contributed by atoms with Crippen molar-refractivity contribution < 1.29 is 23.1 Å². The second kappa shape index (κ2) is 4.37. The van der Waals surface area contributed by atoms with Crippen molar-refractivity contribution in [2.45, 2.75) is 10.4 Å². The quantitative estimate of drug-likeness (QED) is 0.487. The Balaban J connectivity index is 3.02. The number of carbonyl (C=O) groups excluding carboxylic acids is 1. The summed E-state index contributed by atoms with van der Waals surface area (Å²) in [6.07, 6.45) is 1.14. The molecule has 0 spiro atoms. The summed E-state index contributed by atoms with van der Waals surface area (Å²) in [6, 6.07) is 3.07. The van der Waals surface area contributed by atoms with Crippen molar-refractivity contribution in [1.82, 2.24) is 0 Å². The Morgan fingerprint density at radius 2 is 2.07 bits per heavy atom. The standard InChI is InChI=1S/C8H4F3NO2S/c9-8(10,11)15-5-1-2-7(14)6(3-5)12-4-13/h1-3,14H. The zero-order chi connectivity index (χ0) is 11.5. The summed E-state index contributed by atoms with van der Waals surface area (Å²) in [4.78, 5) is 12.8. The van der Waals surface area contributed by atoms with Gasteiger partial charge in [0.15, 0.2) is 0 Å². The summed E-state index contributed by atoms with van der Waals surface area (Å²) in [7, 11) is 0. The number of aromatic hydroxyl groups is 1. The molecule has 0 heterocycles. The first-order valence-electron chi connectivity index (χ1n) is 3.59. The van der Waals surface area contributed by atoms with Crippen molar-refractivity contribution in [2.75, 3.05) is 0 Å². The van der Waals surface area contributed by atoms with E-state index in [1.165, 1.54) is 0 Å². The average Bonchev–Trinajstić information content (AvgIpc) is 2.09. The van der Waals surface area contributed by atoms with Crippen molar-refractivity contribution in [3.05, 3.63) is 18.2 Å². The normalized spacial score (nSPS) is 10.9. The molecule has 1 aromatic rings. The molecule has 1 rings (SSSR count). The van der Waals surface area contributed by atoms with Crippen LogP contribution in [0.4, 0.5) is 18.9 Å². The average molecular weight is 235 g/mol. The Hall–Kier alpha value is -1.46. The van der Waals surface area contributed by atoms with Gasteiger partial charge in [-0.1, -0.05) is 0 Å². The molecule has 0 aliphatic carbocycles. The first-order valence-corrected chi connectivity index (χ1v) is 4.40. The predicted molar refractivity (Wildman–Crippen MR) is 47.8 cm³/mol. The van der Waals surface area contributed by atoms with Crippen LogP contribution < -0.4 is 0 Å². The largest absolute Gasteiger partial charge is 0.506 e. The van der Waals surface area contributed by atoms with E-state index in [9.17, 15) is 18.0 Å². The van der Waals surface area contributed by atoms with Crippen LogP contribution in [0.5, 0.6) is 5.75 Å². The van der Waals surface area contributed by atoms with E-state index >= 15 is 0 Å². The van der Waals surface area contributed by atoms with Gasteiger partial charge in [0.05, 0.1) is 0 Å².